The van der Waals surface area contributed by atoms with Crippen molar-refractivity contribution in [3.63, 3.8) is 0 Å². The maximum absolute atomic E-state index is 11.9. The van der Waals surface area contributed by atoms with Gasteiger partial charge in [0, 0.05) is 32.0 Å². The average molecular weight is 292 g/mol. The molecule has 0 saturated carbocycles. The Hall–Kier alpha value is -2.71. The van der Waals surface area contributed by atoms with Gasteiger partial charge in [-0.15, -0.1) is 0 Å². The van der Waals surface area contributed by atoms with Gasteiger partial charge >= 0.3 is 5.69 Å². The molecule has 0 aromatic carbocycles. The van der Waals surface area contributed by atoms with Crippen molar-refractivity contribution in [3.05, 3.63) is 40.0 Å². The number of aromatic nitrogens is 4. The summed E-state index contributed by atoms with van der Waals surface area (Å²) in [6.45, 7) is 3.01. The van der Waals surface area contributed by atoms with Crippen LogP contribution in [0.5, 0.6) is 0 Å². The second-order valence-corrected chi connectivity index (χ2v) is 4.60. The van der Waals surface area contributed by atoms with Gasteiger partial charge in [-0.2, -0.15) is 10.2 Å². The lowest BCUT2D eigenvalue weighted by Gasteiger charge is -2.05. The number of aryl methyl sites for hydroxylation is 3. The van der Waals surface area contributed by atoms with E-state index in [2.05, 4.69) is 15.5 Å². The molecule has 1 N–H and O–H groups in total. The highest BCUT2D eigenvalue weighted by molar-refractivity contribution is 5.95. The molecule has 0 aliphatic heterocycles. The molecule has 0 atom stereocenters. The lowest BCUT2D eigenvalue weighted by molar-refractivity contribution is -0.385. The number of carbonyl (C=O) groups excluding carboxylic acids is 1. The molecule has 0 bridgehead atoms. The molecule has 2 heterocycles. The number of hydrogen-bond donors (Lipinski definition) is 1. The highest BCUT2D eigenvalue weighted by Gasteiger charge is 2.24. The average Bonchev–Trinajstić information content (AvgIpc) is 3.01. The Bertz CT molecular complexity index is 660. The molecule has 9 heteroatoms. The first-order chi connectivity index (χ1) is 9.99. The van der Waals surface area contributed by atoms with E-state index in [1.54, 1.807) is 6.20 Å². The van der Waals surface area contributed by atoms with E-state index in [9.17, 15) is 14.9 Å². The zero-order chi connectivity index (χ0) is 15.4. The van der Waals surface area contributed by atoms with Gasteiger partial charge in [-0.3, -0.25) is 24.3 Å². The van der Waals surface area contributed by atoms with Crippen LogP contribution in [0.1, 0.15) is 22.6 Å². The molecule has 0 aliphatic carbocycles. The van der Waals surface area contributed by atoms with Crippen LogP contribution >= 0.6 is 0 Å². The van der Waals surface area contributed by atoms with Gasteiger partial charge in [-0.25, -0.2) is 0 Å². The second kappa shape index (κ2) is 6.16. The highest BCUT2D eigenvalue weighted by Crippen LogP contribution is 2.15. The number of hydrogen-bond acceptors (Lipinski definition) is 5. The fourth-order valence-electron chi connectivity index (χ4n) is 1.92. The molecule has 2 rings (SSSR count). The third-order valence-electron chi connectivity index (χ3n) is 2.98. The fraction of sp³-hybridized carbons (Fsp3) is 0.417. The minimum atomic E-state index is -0.616. The molecule has 1 amide bonds. The summed E-state index contributed by atoms with van der Waals surface area (Å²) in [5.41, 5.74) is 0.581. The standard InChI is InChI=1S/C12H16N6O3/c1-9-4-6-14-17(9)7-3-5-13-12(19)11-10(18(20)21)8-16(2)15-11/h4,6,8H,3,5,7H2,1-2H3,(H,13,19). The maximum Gasteiger partial charge on any atom is 0.320 e. The summed E-state index contributed by atoms with van der Waals surface area (Å²) >= 11 is 0. The second-order valence-electron chi connectivity index (χ2n) is 4.60. The zero-order valence-electron chi connectivity index (χ0n) is 11.8. The topological polar surface area (TPSA) is 108 Å². The molecule has 2 aromatic heterocycles. The fourth-order valence-corrected chi connectivity index (χ4v) is 1.92. The minimum Gasteiger partial charge on any atom is -0.350 e. The van der Waals surface area contributed by atoms with Crippen LogP contribution in [0, 0.1) is 17.0 Å². The molecule has 2 aromatic rings. The molecule has 9 nitrogen and oxygen atoms in total. The first-order valence-electron chi connectivity index (χ1n) is 6.43. The molecule has 0 saturated heterocycles. The van der Waals surface area contributed by atoms with Crippen molar-refractivity contribution in [2.45, 2.75) is 19.9 Å². The normalized spacial score (nSPS) is 10.6. The predicted octanol–water partition coefficient (Wildman–Crippen LogP) is 0.653. The van der Waals surface area contributed by atoms with Gasteiger partial charge < -0.3 is 5.32 Å². The van der Waals surface area contributed by atoms with E-state index in [1.165, 1.54) is 17.9 Å². The van der Waals surface area contributed by atoms with E-state index in [0.717, 1.165) is 5.69 Å². The van der Waals surface area contributed by atoms with Gasteiger partial charge in [0.25, 0.3) is 5.91 Å². The quantitative estimate of drug-likeness (QED) is 0.478. The number of amides is 1. The molecule has 0 unspecified atom stereocenters. The van der Waals surface area contributed by atoms with Gasteiger partial charge in [-0.1, -0.05) is 0 Å². The van der Waals surface area contributed by atoms with Crippen LogP contribution < -0.4 is 5.32 Å². The Balaban J connectivity index is 1.88. The summed E-state index contributed by atoms with van der Waals surface area (Å²) in [4.78, 5) is 22.1. The van der Waals surface area contributed by atoms with E-state index in [-0.39, 0.29) is 11.4 Å². The lowest BCUT2D eigenvalue weighted by Crippen LogP contribution is -2.26. The van der Waals surface area contributed by atoms with E-state index >= 15 is 0 Å². The Labute approximate surface area is 120 Å². The van der Waals surface area contributed by atoms with Gasteiger partial charge in [-0.05, 0) is 19.4 Å². The Morgan fingerprint density at radius 3 is 2.90 bits per heavy atom. The Kier molecular flexibility index (Phi) is 4.31. The Morgan fingerprint density at radius 1 is 1.52 bits per heavy atom. The smallest absolute Gasteiger partial charge is 0.320 e. The van der Waals surface area contributed by atoms with Crippen molar-refractivity contribution >= 4 is 11.6 Å². The van der Waals surface area contributed by atoms with Gasteiger partial charge in [0.2, 0.25) is 5.69 Å². The molecule has 0 spiro atoms. The monoisotopic (exact) mass is 292 g/mol. The van der Waals surface area contributed by atoms with Crippen molar-refractivity contribution in [2.24, 2.45) is 7.05 Å². The van der Waals surface area contributed by atoms with Crippen LogP contribution in [0.2, 0.25) is 0 Å². The van der Waals surface area contributed by atoms with Crippen LogP contribution in [0.3, 0.4) is 0 Å². The van der Waals surface area contributed by atoms with Gasteiger partial charge in [0.15, 0.2) is 0 Å². The van der Waals surface area contributed by atoms with Crippen molar-refractivity contribution in [3.8, 4) is 0 Å². The first-order valence-corrected chi connectivity index (χ1v) is 6.43. The molecule has 0 fully saturated rings. The summed E-state index contributed by atoms with van der Waals surface area (Å²) in [6, 6.07) is 1.90. The van der Waals surface area contributed by atoms with Crippen LogP contribution in [0.15, 0.2) is 18.5 Å². The summed E-state index contributed by atoms with van der Waals surface area (Å²) in [7, 11) is 1.53. The number of nitrogens with one attached hydrogen (secondary N) is 1. The summed E-state index contributed by atoms with van der Waals surface area (Å²) in [5.74, 6) is -0.542. The molecule has 112 valence electrons. The molecular weight excluding hydrogens is 276 g/mol. The molecular formula is C12H16N6O3. The van der Waals surface area contributed by atoms with Crippen molar-refractivity contribution < 1.29 is 9.72 Å². The Morgan fingerprint density at radius 2 is 2.29 bits per heavy atom. The van der Waals surface area contributed by atoms with E-state index in [1.807, 2.05) is 17.7 Å². The number of nitro groups is 1. The predicted molar refractivity (Wildman–Crippen MR) is 73.8 cm³/mol. The first kappa shape index (κ1) is 14.7. The third kappa shape index (κ3) is 3.44. The molecule has 21 heavy (non-hydrogen) atoms. The number of rotatable bonds is 6. The van der Waals surface area contributed by atoms with E-state index in [0.29, 0.717) is 19.5 Å². The van der Waals surface area contributed by atoms with Crippen molar-refractivity contribution in [1.29, 1.82) is 0 Å². The van der Waals surface area contributed by atoms with Crippen molar-refractivity contribution in [1.82, 2.24) is 24.9 Å². The van der Waals surface area contributed by atoms with Crippen molar-refractivity contribution in [2.75, 3.05) is 6.54 Å². The van der Waals surface area contributed by atoms with Gasteiger partial charge in [0.05, 0.1) is 4.92 Å². The molecule has 0 radical (unpaired) electrons. The lowest BCUT2D eigenvalue weighted by atomic mass is 10.3. The third-order valence-corrected chi connectivity index (χ3v) is 2.98. The summed E-state index contributed by atoms with van der Waals surface area (Å²) < 4.78 is 3.08. The summed E-state index contributed by atoms with van der Waals surface area (Å²) in [5, 5.41) is 21.4. The largest absolute Gasteiger partial charge is 0.350 e. The van der Waals surface area contributed by atoms with Crippen LogP contribution in [0.4, 0.5) is 5.69 Å². The highest BCUT2D eigenvalue weighted by atomic mass is 16.6. The van der Waals surface area contributed by atoms with Crippen LogP contribution in [-0.4, -0.2) is 36.9 Å². The number of carbonyl (C=O) groups is 1. The van der Waals surface area contributed by atoms with E-state index < -0.39 is 10.8 Å². The minimum absolute atomic E-state index is 0.169. The number of nitrogens with zero attached hydrogens (tertiary/aromatic N) is 5. The maximum atomic E-state index is 11.9. The molecule has 0 aliphatic rings. The van der Waals surface area contributed by atoms with Crippen LogP contribution in [-0.2, 0) is 13.6 Å². The summed E-state index contributed by atoms with van der Waals surface area (Å²) in [6.07, 6.45) is 3.60. The van der Waals surface area contributed by atoms with E-state index in [4.69, 9.17) is 0 Å². The van der Waals surface area contributed by atoms with Gasteiger partial charge in [0.1, 0.15) is 6.20 Å². The SMILES string of the molecule is Cc1ccnn1CCCNC(=O)c1nn(C)cc1[N+](=O)[O-]. The van der Waals surface area contributed by atoms with Crippen LogP contribution in [0.25, 0.3) is 0 Å². The zero-order valence-corrected chi connectivity index (χ0v) is 11.8.